The first-order valence-corrected chi connectivity index (χ1v) is 9.59. The lowest BCUT2D eigenvalue weighted by molar-refractivity contribution is 0.399. The van der Waals surface area contributed by atoms with Gasteiger partial charge in [-0.05, 0) is 35.9 Å². The molecule has 0 amide bonds. The Morgan fingerprint density at radius 1 is 1.22 bits per heavy atom. The Kier molecular flexibility index (Phi) is 5.20. The maximum atomic E-state index is 4.74. The van der Waals surface area contributed by atoms with Crippen molar-refractivity contribution in [3.05, 3.63) is 57.5 Å². The van der Waals surface area contributed by atoms with E-state index in [1.165, 1.54) is 11.1 Å². The summed E-state index contributed by atoms with van der Waals surface area (Å²) in [4.78, 5) is 9.32. The molecule has 0 fully saturated rings. The topological polar surface area (TPSA) is 37.8 Å². The summed E-state index contributed by atoms with van der Waals surface area (Å²) >= 11 is 3.41. The largest absolute Gasteiger partial charge is 0.303 e. The highest BCUT2D eigenvalue weighted by Gasteiger charge is 2.19. The summed E-state index contributed by atoms with van der Waals surface area (Å²) in [5, 5.41) is 11.1. The smallest absolute Gasteiger partial charge is 0.124 e. The van der Waals surface area contributed by atoms with Crippen molar-refractivity contribution in [1.29, 1.82) is 0 Å². The van der Waals surface area contributed by atoms with E-state index in [9.17, 15) is 0 Å². The Bertz CT molecular complexity index is 747. The molecule has 0 aliphatic heterocycles. The zero-order valence-corrected chi connectivity index (χ0v) is 15.2. The lowest BCUT2D eigenvalue weighted by atomic mass is 9.97. The van der Waals surface area contributed by atoms with Crippen molar-refractivity contribution in [2.75, 3.05) is 0 Å². The normalized spacial score (nSPS) is 12.7. The molecule has 0 radical (unpaired) electrons. The van der Waals surface area contributed by atoms with Gasteiger partial charge in [-0.25, -0.2) is 4.98 Å². The summed E-state index contributed by atoms with van der Waals surface area (Å²) in [6.07, 6.45) is 1.87. The van der Waals surface area contributed by atoms with E-state index in [1.807, 2.05) is 12.3 Å². The van der Waals surface area contributed by atoms with Crippen LogP contribution in [-0.2, 0) is 6.54 Å². The van der Waals surface area contributed by atoms with Crippen LogP contribution in [0.25, 0.3) is 10.6 Å². The van der Waals surface area contributed by atoms with Crippen LogP contribution in [0, 0.1) is 12.8 Å². The molecule has 3 aromatic heterocycles. The van der Waals surface area contributed by atoms with Gasteiger partial charge < -0.3 is 5.32 Å². The van der Waals surface area contributed by atoms with Gasteiger partial charge in [0.05, 0.1) is 17.4 Å². The van der Waals surface area contributed by atoms with E-state index >= 15 is 0 Å². The summed E-state index contributed by atoms with van der Waals surface area (Å²) < 4.78 is 0. The molecule has 0 spiro atoms. The highest BCUT2D eigenvalue weighted by molar-refractivity contribution is 7.14. The van der Waals surface area contributed by atoms with Crippen molar-refractivity contribution in [2.45, 2.75) is 33.4 Å². The van der Waals surface area contributed by atoms with E-state index in [0.29, 0.717) is 5.92 Å². The van der Waals surface area contributed by atoms with Gasteiger partial charge in [-0.2, -0.15) is 11.3 Å². The molecule has 1 atom stereocenters. The number of nitrogens with zero attached hydrogens (tertiary/aromatic N) is 2. The number of nitrogens with one attached hydrogen (secondary N) is 1. The Hall–Kier alpha value is -1.56. The van der Waals surface area contributed by atoms with Crippen molar-refractivity contribution in [1.82, 2.24) is 15.3 Å². The molecule has 23 heavy (non-hydrogen) atoms. The first-order valence-electron chi connectivity index (χ1n) is 7.77. The minimum absolute atomic E-state index is 0.238. The fourth-order valence-electron chi connectivity index (χ4n) is 2.59. The summed E-state index contributed by atoms with van der Waals surface area (Å²) in [7, 11) is 0. The van der Waals surface area contributed by atoms with Crippen LogP contribution in [0.2, 0.25) is 0 Å². The van der Waals surface area contributed by atoms with E-state index in [0.717, 1.165) is 22.9 Å². The van der Waals surface area contributed by atoms with Crippen molar-refractivity contribution in [2.24, 2.45) is 5.92 Å². The van der Waals surface area contributed by atoms with Crippen molar-refractivity contribution >= 4 is 22.7 Å². The first-order chi connectivity index (χ1) is 11.1. The molecule has 1 N–H and O–H groups in total. The second-order valence-corrected chi connectivity index (χ2v) is 7.60. The standard InChI is InChI=1S/C18H21N3S2/c1-12(2)16(17-13(3)5-4-7-19-17)20-9-15-11-23-18(21-15)14-6-8-22-10-14/h4-8,10-12,16,20H,9H2,1-3H3/t16-/m0/s1. The zero-order valence-electron chi connectivity index (χ0n) is 13.6. The highest BCUT2D eigenvalue weighted by atomic mass is 32.1. The number of thiophene rings is 1. The van der Waals surface area contributed by atoms with Crippen LogP contribution in [-0.4, -0.2) is 9.97 Å². The quantitative estimate of drug-likeness (QED) is 0.679. The Balaban J connectivity index is 1.72. The van der Waals surface area contributed by atoms with Gasteiger partial charge in [0, 0.05) is 29.1 Å². The van der Waals surface area contributed by atoms with Gasteiger partial charge in [0.15, 0.2) is 0 Å². The molecule has 0 aromatic carbocycles. The molecule has 3 nitrogen and oxygen atoms in total. The third-order valence-electron chi connectivity index (χ3n) is 3.83. The monoisotopic (exact) mass is 343 g/mol. The molecule has 5 heteroatoms. The molecule has 0 aliphatic rings. The Labute approximate surface area is 145 Å². The van der Waals surface area contributed by atoms with Crippen molar-refractivity contribution in [3.63, 3.8) is 0 Å². The Morgan fingerprint density at radius 2 is 2.09 bits per heavy atom. The summed E-state index contributed by atoms with van der Waals surface area (Å²) in [6, 6.07) is 6.47. The Morgan fingerprint density at radius 3 is 2.78 bits per heavy atom. The van der Waals surface area contributed by atoms with Crippen LogP contribution in [0.3, 0.4) is 0 Å². The summed E-state index contributed by atoms with van der Waals surface area (Å²) in [5.41, 5.74) is 4.68. The highest BCUT2D eigenvalue weighted by Crippen LogP contribution is 2.27. The predicted molar refractivity (Wildman–Crippen MR) is 98.8 cm³/mol. The number of rotatable bonds is 6. The molecular formula is C18H21N3S2. The third kappa shape index (κ3) is 3.86. The van der Waals surface area contributed by atoms with Gasteiger partial charge >= 0.3 is 0 Å². The summed E-state index contributed by atoms with van der Waals surface area (Å²) in [5.74, 6) is 0.471. The van der Waals surface area contributed by atoms with Crippen molar-refractivity contribution in [3.8, 4) is 10.6 Å². The van der Waals surface area contributed by atoms with Gasteiger partial charge in [-0.3, -0.25) is 4.98 Å². The van der Waals surface area contributed by atoms with E-state index < -0.39 is 0 Å². The zero-order chi connectivity index (χ0) is 16.2. The van der Waals surface area contributed by atoms with Gasteiger partial charge in [0.1, 0.15) is 5.01 Å². The maximum absolute atomic E-state index is 4.74. The second-order valence-electron chi connectivity index (χ2n) is 5.96. The molecule has 0 saturated heterocycles. The van der Waals surface area contributed by atoms with Crippen LogP contribution >= 0.6 is 22.7 Å². The number of pyridine rings is 1. The van der Waals surface area contributed by atoms with Crippen LogP contribution in [0.5, 0.6) is 0 Å². The van der Waals surface area contributed by atoms with Gasteiger partial charge in [0.25, 0.3) is 0 Å². The van der Waals surface area contributed by atoms with Gasteiger partial charge in [-0.15, -0.1) is 11.3 Å². The van der Waals surface area contributed by atoms with E-state index in [4.69, 9.17) is 4.98 Å². The second kappa shape index (κ2) is 7.34. The fraction of sp³-hybridized carbons (Fsp3) is 0.333. The molecule has 0 bridgehead atoms. The van der Waals surface area contributed by atoms with Crippen molar-refractivity contribution < 1.29 is 0 Å². The number of aryl methyl sites for hydroxylation is 1. The first kappa shape index (κ1) is 16.3. The van der Waals surface area contributed by atoms with Gasteiger partial charge in [0.2, 0.25) is 0 Å². The van der Waals surface area contributed by atoms with E-state index in [2.05, 4.69) is 59.3 Å². The number of aromatic nitrogens is 2. The number of hydrogen-bond acceptors (Lipinski definition) is 5. The van der Waals surface area contributed by atoms with Crippen LogP contribution < -0.4 is 5.32 Å². The van der Waals surface area contributed by atoms with Crippen LogP contribution in [0.1, 0.15) is 36.8 Å². The average Bonchev–Trinajstić information content (AvgIpc) is 3.19. The molecule has 3 aromatic rings. The molecule has 3 heterocycles. The molecule has 120 valence electrons. The number of thiazole rings is 1. The number of hydrogen-bond donors (Lipinski definition) is 1. The minimum Gasteiger partial charge on any atom is -0.303 e. The molecule has 0 unspecified atom stereocenters. The minimum atomic E-state index is 0.238. The van der Waals surface area contributed by atoms with Gasteiger partial charge in [-0.1, -0.05) is 19.9 Å². The fourth-order valence-corrected chi connectivity index (χ4v) is 4.12. The average molecular weight is 344 g/mol. The predicted octanol–water partition coefficient (Wildman–Crippen LogP) is 5.06. The van der Waals surface area contributed by atoms with Crippen LogP contribution in [0.15, 0.2) is 40.5 Å². The third-order valence-corrected chi connectivity index (χ3v) is 5.46. The van der Waals surface area contributed by atoms with E-state index in [1.54, 1.807) is 22.7 Å². The lowest BCUT2D eigenvalue weighted by Gasteiger charge is -2.23. The summed E-state index contributed by atoms with van der Waals surface area (Å²) in [6.45, 7) is 7.34. The lowest BCUT2D eigenvalue weighted by Crippen LogP contribution is -2.27. The molecule has 3 rings (SSSR count). The molecule has 0 aliphatic carbocycles. The maximum Gasteiger partial charge on any atom is 0.124 e. The van der Waals surface area contributed by atoms with E-state index in [-0.39, 0.29) is 6.04 Å². The molecular weight excluding hydrogens is 322 g/mol. The SMILES string of the molecule is Cc1cccnc1[C@@H](NCc1csc(-c2ccsc2)n1)C(C)C. The molecule has 0 saturated carbocycles. The van der Waals surface area contributed by atoms with Crippen LogP contribution in [0.4, 0.5) is 0 Å².